The summed E-state index contributed by atoms with van der Waals surface area (Å²) in [5.74, 6) is -2.02. The van der Waals surface area contributed by atoms with Crippen molar-refractivity contribution in [2.24, 2.45) is 0 Å². The Bertz CT molecular complexity index is 1030. The lowest BCUT2D eigenvalue weighted by Gasteiger charge is -2.35. The molecule has 4 rings (SSSR count). The zero-order valence-electron chi connectivity index (χ0n) is 13.7. The van der Waals surface area contributed by atoms with E-state index in [0.29, 0.717) is 10.00 Å². The number of fused-ring (bicyclic) bond motifs is 2. The number of hydrogen-bond acceptors (Lipinski definition) is 5. The number of para-hydroxylation sites is 1. The largest absolute Gasteiger partial charge is 0.481 e. The Labute approximate surface area is 166 Å². The summed E-state index contributed by atoms with van der Waals surface area (Å²) in [7, 11) is 0. The number of hydrogen-bond donors (Lipinski definition) is 1. The van der Waals surface area contributed by atoms with Gasteiger partial charge in [0, 0.05) is 4.90 Å². The van der Waals surface area contributed by atoms with Crippen LogP contribution in [0.4, 0.5) is 14.5 Å². The van der Waals surface area contributed by atoms with Gasteiger partial charge in [0.15, 0.2) is 5.82 Å². The number of anilines is 1. The lowest BCUT2D eigenvalue weighted by molar-refractivity contribution is -0.136. The average molecular weight is 423 g/mol. The van der Waals surface area contributed by atoms with Crippen LogP contribution in [0.15, 0.2) is 41.3 Å². The second-order valence-corrected chi connectivity index (χ2v) is 8.66. The molecule has 0 radical (unpaired) electrons. The summed E-state index contributed by atoms with van der Waals surface area (Å²) in [5.41, 5.74) is 0.844. The van der Waals surface area contributed by atoms with Crippen molar-refractivity contribution in [1.29, 1.82) is 0 Å². The molecule has 0 saturated heterocycles. The van der Waals surface area contributed by atoms with Crippen LogP contribution in [0, 0.1) is 11.6 Å². The number of halogens is 2. The minimum absolute atomic E-state index is 0.00248. The molecule has 1 N–H and O–H groups in total. The van der Waals surface area contributed by atoms with E-state index in [-0.39, 0.29) is 23.2 Å². The molecule has 0 amide bonds. The molecular weight excluding hydrogens is 410 g/mol. The van der Waals surface area contributed by atoms with E-state index in [1.54, 1.807) is 0 Å². The molecule has 1 unspecified atom stereocenters. The predicted octanol–water partition coefficient (Wildman–Crippen LogP) is 4.86. The van der Waals surface area contributed by atoms with Crippen molar-refractivity contribution in [2.75, 3.05) is 4.90 Å². The highest BCUT2D eigenvalue weighted by Crippen LogP contribution is 2.42. The SMILES string of the molecule is O=C(O)CC1Sc2ccccc2N(Cc2nc3c(F)ccc(F)c3s2)C1=S. The van der Waals surface area contributed by atoms with Gasteiger partial charge in [-0.15, -0.1) is 23.1 Å². The van der Waals surface area contributed by atoms with E-state index in [4.69, 9.17) is 12.2 Å². The zero-order valence-corrected chi connectivity index (χ0v) is 16.1. The van der Waals surface area contributed by atoms with Gasteiger partial charge in [0.2, 0.25) is 0 Å². The smallest absolute Gasteiger partial charge is 0.304 e. The van der Waals surface area contributed by atoms with Crippen molar-refractivity contribution in [3.8, 4) is 0 Å². The number of thiazole rings is 1. The van der Waals surface area contributed by atoms with Crippen LogP contribution in [0.2, 0.25) is 0 Å². The fraction of sp³-hybridized carbons (Fsp3) is 0.167. The Kier molecular flexibility index (Phi) is 4.83. The maximum atomic E-state index is 14.0. The summed E-state index contributed by atoms with van der Waals surface area (Å²) in [5, 5.41) is 9.29. The number of nitrogens with zero attached hydrogens (tertiary/aromatic N) is 2. The van der Waals surface area contributed by atoms with Crippen molar-refractivity contribution in [1.82, 2.24) is 4.98 Å². The molecule has 27 heavy (non-hydrogen) atoms. The molecular formula is C18H12F2N2O2S3. The molecule has 1 atom stereocenters. The average Bonchev–Trinajstić information content (AvgIpc) is 3.07. The van der Waals surface area contributed by atoms with Crippen LogP contribution in [0.5, 0.6) is 0 Å². The number of aliphatic carboxylic acids is 1. The minimum atomic E-state index is -0.932. The predicted molar refractivity (Wildman–Crippen MR) is 107 cm³/mol. The van der Waals surface area contributed by atoms with E-state index in [0.717, 1.165) is 34.1 Å². The molecule has 1 aromatic heterocycles. The highest BCUT2D eigenvalue weighted by atomic mass is 32.2. The van der Waals surface area contributed by atoms with Crippen LogP contribution in [-0.2, 0) is 11.3 Å². The summed E-state index contributed by atoms with van der Waals surface area (Å²) in [6.07, 6.45) is -0.0998. The first-order chi connectivity index (χ1) is 12.9. The number of benzene rings is 2. The molecule has 0 fully saturated rings. The Balaban J connectivity index is 1.73. The summed E-state index contributed by atoms with van der Waals surface area (Å²) in [6.45, 7) is 0.227. The van der Waals surface area contributed by atoms with Gasteiger partial charge in [0.25, 0.3) is 0 Å². The first kappa shape index (κ1) is 18.3. The number of carbonyl (C=O) groups is 1. The molecule has 4 nitrogen and oxygen atoms in total. The summed E-state index contributed by atoms with van der Waals surface area (Å²) >= 11 is 8.04. The van der Waals surface area contributed by atoms with Crippen LogP contribution >= 0.6 is 35.3 Å². The van der Waals surface area contributed by atoms with E-state index >= 15 is 0 Å². The highest BCUT2D eigenvalue weighted by Gasteiger charge is 2.32. The van der Waals surface area contributed by atoms with Crippen LogP contribution in [0.1, 0.15) is 11.4 Å². The molecule has 138 valence electrons. The van der Waals surface area contributed by atoms with Gasteiger partial charge in [-0.3, -0.25) is 4.79 Å². The van der Waals surface area contributed by atoms with E-state index in [1.807, 2.05) is 29.2 Å². The molecule has 0 bridgehead atoms. The third-order valence-corrected chi connectivity index (χ3v) is 7.09. The van der Waals surface area contributed by atoms with Crippen molar-refractivity contribution in [2.45, 2.75) is 23.1 Å². The number of rotatable bonds is 4. The zero-order chi connectivity index (χ0) is 19.1. The molecule has 1 aliphatic rings. The Morgan fingerprint density at radius 2 is 1.96 bits per heavy atom. The van der Waals surface area contributed by atoms with Gasteiger partial charge in [-0.1, -0.05) is 24.4 Å². The third-order valence-electron chi connectivity index (χ3n) is 4.11. The van der Waals surface area contributed by atoms with Crippen LogP contribution in [0.3, 0.4) is 0 Å². The van der Waals surface area contributed by atoms with Crippen LogP contribution in [-0.4, -0.2) is 26.3 Å². The standard InChI is InChI=1S/C18H12F2N2O2S3/c19-9-5-6-10(20)17-16(9)21-14(27-17)8-22-11-3-1-2-4-12(11)26-13(18(22)25)7-15(23)24/h1-6,13H,7-8H2,(H,23,24). The van der Waals surface area contributed by atoms with Gasteiger partial charge in [0.05, 0.1) is 33.6 Å². The van der Waals surface area contributed by atoms with Gasteiger partial charge < -0.3 is 10.0 Å². The number of thiocarbonyl (C=S) groups is 1. The third kappa shape index (κ3) is 3.42. The maximum absolute atomic E-state index is 14.0. The van der Waals surface area contributed by atoms with E-state index in [2.05, 4.69) is 4.98 Å². The van der Waals surface area contributed by atoms with Gasteiger partial charge in [-0.25, -0.2) is 13.8 Å². The van der Waals surface area contributed by atoms with Crippen LogP contribution in [0.25, 0.3) is 10.2 Å². The maximum Gasteiger partial charge on any atom is 0.304 e. The topological polar surface area (TPSA) is 53.4 Å². The second-order valence-electron chi connectivity index (χ2n) is 5.91. The normalized spacial score (nSPS) is 16.6. The van der Waals surface area contributed by atoms with Crippen molar-refractivity contribution >= 4 is 62.2 Å². The van der Waals surface area contributed by atoms with E-state index in [1.165, 1.54) is 11.8 Å². The Hall–Kier alpha value is -2.10. The second kappa shape index (κ2) is 7.14. The lowest BCUT2D eigenvalue weighted by Crippen LogP contribution is -2.40. The van der Waals surface area contributed by atoms with Crippen LogP contribution < -0.4 is 4.90 Å². The highest BCUT2D eigenvalue weighted by molar-refractivity contribution is 8.02. The van der Waals surface area contributed by atoms with Gasteiger partial charge in [-0.2, -0.15) is 0 Å². The molecule has 3 aromatic rings. The van der Waals surface area contributed by atoms with Gasteiger partial charge in [0.1, 0.15) is 16.3 Å². The van der Waals surface area contributed by atoms with Gasteiger partial charge >= 0.3 is 5.97 Å². The summed E-state index contributed by atoms with van der Waals surface area (Å²) in [4.78, 5) is 18.6. The number of carboxylic acids is 1. The van der Waals surface area contributed by atoms with E-state index in [9.17, 15) is 18.7 Å². The Morgan fingerprint density at radius 1 is 1.22 bits per heavy atom. The first-order valence-corrected chi connectivity index (χ1v) is 10.1. The molecule has 2 heterocycles. The van der Waals surface area contributed by atoms with E-state index < -0.39 is 22.9 Å². The van der Waals surface area contributed by atoms with Crippen molar-refractivity contribution in [3.05, 3.63) is 53.0 Å². The lowest BCUT2D eigenvalue weighted by atomic mass is 10.2. The molecule has 1 aliphatic heterocycles. The fourth-order valence-corrected chi connectivity index (χ4v) is 5.50. The molecule has 0 saturated carbocycles. The first-order valence-electron chi connectivity index (χ1n) is 7.96. The summed E-state index contributed by atoms with van der Waals surface area (Å²) < 4.78 is 28.1. The van der Waals surface area contributed by atoms with Crippen molar-refractivity contribution in [3.63, 3.8) is 0 Å². The van der Waals surface area contributed by atoms with Crippen molar-refractivity contribution < 1.29 is 18.7 Å². The minimum Gasteiger partial charge on any atom is -0.481 e. The molecule has 2 aromatic carbocycles. The monoisotopic (exact) mass is 422 g/mol. The number of aromatic nitrogens is 1. The molecule has 9 heteroatoms. The number of carboxylic acid groups (broad SMARTS) is 1. The summed E-state index contributed by atoms with van der Waals surface area (Å²) in [6, 6.07) is 9.67. The quantitative estimate of drug-likeness (QED) is 0.606. The molecule has 0 spiro atoms. The Morgan fingerprint density at radius 3 is 2.70 bits per heavy atom. The number of thioether (sulfide) groups is 1. The molecule has 0 aliphatic carbocycles. The fourth-order valence-electron chi connectivity index (χ4n) is 2.92. The van der Waals surface area contributed by atoms with Gasteiger partial charge in [-0.05, 0) is 24.3 Å².